The first kappa shape index (κ1) is 14.2. The molecule has 5 heteroatoms. The topological polar surface area (TPSA) is 49.8 Å². The average molecular weight is 292 g/mol. The number of nitrogens with zero attached hydrogens (tertiary/aromatic N) is 1. The van der Waals surface area contributed by atoms with Crippen molar-refractivity contribution in [2.24, 2.45) is 0 Å². The standard InChI is InChI=1S/C15H14ClNO3/c1-4-14(19)20-15-10-6-5-9(16)7-11(10)13(18)8-12(15)17(2)3/h4-8,18H,1H2,2-3H3. The molecule has 4 nitrogen and oxygen atoms in total. The largest absolute Gasteiger partial charge is 0.507 e. The number of esters is 1. The Labute approximate surface area is 121 Å². The first-order valence-corrected chi connectivity index (χ1v) is 6.28. The van der Waals surface area contributed by atoms with Gasteiger partial charge in [0.15, 0.2) is 5.75 Å². The van der Waals surface area contributed by atoms with E-state index in [2.05, 4.69) is 6.58 Å². The summed E-state index contributed by atoms with van der Waals surface area (Å²) in [5.41, 5.74) is 0.590. The van der Waals surface area contributed by atoms with Gasteiger partial charge in [0.2, 0.25) is 0 Å². The maximum atomic E-state index is 11.5. The van der Waals surface area contributed by atoms with Gasteiger partial charge in [-0.1, -0.05) is 18.2 Å². The van der Waals surface area contributed by atoms with Crippen LogP contribution in [0.1, 0.15) is 0 Å². The number of benzene rings is 2. The van der Waals surface area contributed by atoms with Gasteiger partial charge in [-0.05, 0) is 18.2 Å². The van der Waals surface area contributed by atoms with Crippen molar-refractivity contribution in [3.05, 3.63) is 41.9 Å². The van der Waals surface area contributed by atoms with E-state index in [0.29, 0.717) is 27.2 Å². The number of rotatable bonds is 3. The Morgan fingerprint density at radius 1 is 1.35 bits per heavy atom. The van der Waals surface area contributed by atoms with Gasteiger partial charge in [-0.25, -0.2) is 4.79 Å². The summed E-state index contributed by atoms with van der Waals surface area (Å²) in [6, 6.07) is 6.53. The molecule has 2 aromatic carbocycles. The van der Waals surface area contributed by atoms with E-state index < -0.39 is 5.97 Å². The fourth-order valence-corrected chi connectivity index (χ4v) is 2.09. The van der Waals surface area contributed by atoms with Crippen molar-refractivity contribution < 1.29 is 14.6 Å². The van der Waals surface area contributed by atoms with Crippen LogP contribution in [0, 0.1) is 0 Å². The smallest absolute Gasteiger partial charge is 0.335 e. The van der Waals surface area contributed by atoms with E-state index in [1.165, 1.54) is 6.07 Å². The molecule has 0 unspecified atom stereocenters. The van der Waals surface area contributed by atoms with Crippen LogP contribution in [-0.2, 0) is 4.79 Å². The predicted molar refractivity (Wildman–Crippen MR) is 80.8 cm³/mol. The van der Waals surface area contributed by atoms with E-state index in [9.17, 15) is 9.90 Å². The Morgan fingerprint density at radius 2 is 2.05 bits per heavy atom. The maximum Gasteiger partial charge on any atom is 0.335 e. The van der Waals surface area contributed by atoms with Crippen LogP contribution in [0.15, 0.2) is 36.9 Å². The molecular formula is C15H14ClNO3. The molecule has 0 aliphatic heterocycles. The lowest BCUT2D eigenvalue weighted by molar-refractivity contribution is -0.128. The molecule has 2 aromatic rings. The Bertz CT molecular complexity index is 695. The molecule has 2 rings (SSSR count). The molecule has 0 bridgehead atoms. The number of phenols is 1. The lowest BCUT2D eigenvalue weighted by Crippen LogP contribution is -2.13. The quantitative estimate of drug-likeness (QED) is 0.535. The number of carbonyl (C=O) groups is 1. The number of carbonyl (C=O) groups excluding carboxylic acids is 1. The number of hydrogen-bond donors (Lipinski definition) is 1. The number of aromatic hydroxyl groups is 1. The van der Waals surface area contributed by atoms with Crippen molar-refractivity contribution in [3.63, 3.8) is 0 Å². The van der Waals surface area contributed by atoms with Gasteiger partial charge in [0.05, 0.1) is 5.69 Å². The van der Waals surface area contributed by atoms with Gasteiger partial charge >= 0.3 is 5.97 Å². The van der Waals surface area contributed by atoms with Gasteiger partial charge < -0.3 is 14.7 Å². The second-order valence-corrected chi connectivity index (χ2v) is 4.89. The maximum absolute atomic E-state index is 11.5. The molecular weight excluding hydrogens is 278 g/mol. The highest BCUT2D eigenvalue weighted by atomic mass is 35.5. The van der Waals surface area contributed by atoms with E-state index in [1.807, 2.05) is 0 Å². The number of hydrogen-bond acceptors (Lipinski definition) is 4. The molecule has 1 N–H and O–H groups in total. The normalized spacial score (nSPS) is 10.3. The number of fused-ring (bicyclic) bond motifs is 1. The van der Waals surface area contributed by atoms with Gasteiger partial charge in [-0.15, -0.1) is 0 Å². The number of halogens is 1. The van der Waals surface area contributed by atoms with E-state index in [4.69, 9.17) is 16.3 Å². The van der Waals surface area contributed by atoms with Crippen molar-refractivity contribution in [2.75, 3.05) is 19.0 Å². The molecule has 0 aliphatic carbocycles. The second kappa shape index (κ2) is 5.43. The van der Waals surface area contributed by atoms with Gasteiger partial charge in [0, 0.05) is 42.0 Å². The molecule has 0 atom stereocenters. The molecule has 104 valence electrons. The number of anilines is 1. The Kier molecular flexibility index (Phi) is 3.86. The first-order chi connectivity index (χ1) is 9.43. The summed E-state index contributed by atoms with van der Waals surface area (Å²) < 4.78 is 5.31. The lowest BCUT2D eigenvalue weighted by atomic mass is 10.1. The summed E-state index contributed by atoms with van der Waals surface area (Å²) in [5, 5.41) is 11.7. The summed E-state index contributed by atoms with van der Waals surface area (Å²) in [7, 11) is 3.59. The zero-order chi connectivity index (χ0) is 14.9. The summed E-state index contributed by atoms with van der Waals surface area (Å²) in [6.45, 7) is 3.38. The molecule has 0 spiro atoms. The van der Waals surface area contributed by atoms with E-state index >= 15 is 0 Å². The molecule has 0 amide bonds. The second-order valence-electron chi connectivity index (χ2n) is 4.45. The number of ether oxygens (including phenoxy) is 1. The van der Waals surface area contributed by atoms with Gasteiger partial charge in [-0.3, -0.25) is 0 Å². The van der Waals surface area contributed by atoms with Crippen LogP contribution in [0.2, 0.25) is 5.02 Å². The zero-order valence-corrected chi connectivity index (χ0v) is 11.9. The van der Waals surface area contributed by atoms with Crippen LogP contribution in [-0.4, -0.2) is 25.2 Å². The molecule has 0 aromatic heterocycles. The van der Waals surface area contributed by atoms with E-state index in [1.54, 1.807) is 37.2 Å². The van der Waals surface area contributed by atoms with E-state index in [-0.39, 0.29) is 5.75 Å². The van der Waals surface area contributed by atoms with Gasteiger partial charge in [-0.2, -0.15) is 0 Å². The predicted octanol–water partition coefficient (Wildman–Crippen LogP) is 3.36. The molecule has 0 radical (unpaired) electrons. The van der Waals surface area contributed by atoms with Crippen molar-refractivity contribution in [1.29, 1.82) is 0 Å². The van der Waals surface area contributed by atoms with Crippen LogP contribution in [0.25, 0.3) is 10.8 Å². The summed E-state index contributed by atoms with van der Waals surface area (Å²) in [5.74, 6) is -0.121. The van der Waals surface area contributed by atoms with Crippen LogP contribution in [0.5, 0.6) is 11.5 Å². The van der Waals surface area contributed by atoms with Crippen LogP contribution in [0.4, 0.5) is 5.69 Å². The monoisotopic (exact) mass is 291 g/mol. The number of phenolic OH excluding ortho intramolecular Hbond substituents is 1. The average Bonchev–Trinajstić information content (AvgIpc) is 2.41. The highest BCUT2D eigenvalue weighted by Crippen LogP contribution is 2.41. The SMILES string of the molecule is C=CC(=O)Oc1c(N(C)C)cc(O)c2cc(Cl)ccc12. The van der Waals surface area contributed by atoms with Crippen molar-refractivity contribution in [3.8, 4) is 11.5 Å². The minimum absolute atomic E-state index is 0.0737. The summed E-state index contributed by atoms with van der Waals surface area (Å²) in [6.07, 6.45) is 1.09. The third kappa shape index (κ3) is 2.56. The zero-order valence-electron chi connectivity index (χ0n) is 11.2. The molecule has 0 heterocycles. The fourth-order valence-electron chi connectivity index (χ4n) is 1.92. The third-order valence-corrected chi connectivity index (χ3v) is 3.09. The minimum Gasteiger partial charge on any atom is -0.507 e. The lowest BCUT2D eigenvalue weighted by Gasteiger charge is -2.19. The van der Waals surface area contributed by atoms with Crippen LogP contribution < -0.4 is 9.64 Å². The van der Waals surface area contributed by atoms with Crippen LogP contribution >= 0.6 is 11.6 Å². The molecule has 0 aliphatic rings. The Balaban J connectivity index is 2.78. The van der Waals surface area contributed by atoms with Crippen molar-refractivity contribution in [2.45, 2.75) is 0 Å². The molecule has 0 saturated heterocycles. The highest BCUT2D eigenvalue weighted by molar-refractivity contribution is 6.31. The first-order valence-electron chi connectivity index (χ1n) is 5.91. The highest BCUT2D eigenvalue weighted by Gasteiger charge is 2.17. The van der Waals surface area contributed by atoms with Crippen LogP contribution in [0.3, 0.4) is 0 Å². The van der Waals surface area contributed by atoms with Gasteiger partial charge in [0.1, 0.15) is 5.75 Å². The molecule has 0 saturated carbocycles. The fraction of sp³-hybridized carbons (Fsp3) is 0.133. The van der Waals surface area contributed by atoms with E-state index in [0.717, 1.165) is 6.08 Å². The Hall–Kier alpha value is -2.20. The summed E-state index contributed by atoms with van der Waals surface area (Å²) in [4.78, 5) is 13.3. The van der Waals surface area contributed by atoms with Crippen molar-refractivity contribution >= 4 is 34.0 Å². The molecule has 20 heavy (non-hydrogen) atoms. The minimum atomic E-state index is -0.560. The third-order valence-electron chi connectivity index (χ3n) is 2.86. The Morgan fingerprint density at radius 3 is 2.65 bits per heavy atom. The van der Waals surface area contributed by atoms with Crippen molar-refractivity contribution in [1.82, 2.24) is 0 Å². The summed E-state index contributed by atoms with van der Waals surface area (Å²) >= 11 is 5.93. The molecule has 0 fully saturated rings. The van der Waals surface area contributed by atoms with Gasteiger partial charge in [0.25, 0.3) is 0 Å².